The van der Waals surface area contributed by atoms with Crippen LogP contribution in [0.3, 0.4) is 0 Å². The van der Waals surface area contributed by atoms with Crippen LogP contribution in [-0.2, 0) is 0 Å². The number of carbonyl (C=O) groups excluding carboxylic acids is 2. The summed E-state index contributed by atoms with van der Waals surface area (Å²) in [6, 6.07) is 24.4. The number of carboxylic acids is 4. The van der Waals surface area contributed by atoms with E-state index in [0.717, 1.165) is 32.3 Å². The summed E-state index contributed by atoms with van der Waals surface area (Å²) in [7, 11) is 0. The minimum atomic E-state index is -1.94. The van der Waals surface area contributed by atoms with Crippen LogP contribution in [0.25, 0.3) is 24.3 Å². The van der Waals surface area contributed by atoms with Crippen molar-refractivity contribution in [1.82, 2.24) is 0 Å². The van der Waals surface area contributed by atoms with E-state index in [-0.39, 0.29) is 0 Å². The highest BCUT2D eigenvalue weighted by Gasteiger charge is 2.19. The quantitative estimate of drug-likeness (QED) is 0.240. The summed E-state index contributed by atoms with van der Waals surface area (Å²) < 4.78 is 0. The summed E-state index contributed by atoms with van der Waals surface area (Å²) in [5, 5.41) is 40.2. The number of carboxylic acid groups (broad SMARTS) is 4. The smallest absolute Gasteiger partial charge is 0.336 e. The highest BCUT2D eigenvalue weighted by atomic mass is 35.5. The van der Waals surface area contributed by atoms with Gasteiger partial charge in [0, 0.05) is 45.4 Å². The summed E-state index contributed by atoms with van der Waals surface area (Å²) in [6.45, 7) is 0. The maximum absolute atomic E-state index is 10.7. The molecule has 0 fully saturated rings. The van der Waals surface area contributed by atoms with Crippen molar-refractivity contribution in [3.05, 3.63) is 164 Å². The number of rotatable bonds is 8. The monoisotopic (exact) mass is 684 g/mol. The lowest BCUT2D eigenvalue weighted by atomic mass is 9.98. The molecule has 0 saturated carbocycles. The Balaban J connectivity index is 0.000000196. The first-order valence-corrected chi connectivity index (χ1v) is 14.6. The van der Waals surface area contributed by atoms with Gasteiger partial charge in [0.1, 0.15) is 0 Å². The summed E-state index contributed by atoms with van der Waals surface area (Å²) in [5.74, 6) is -7.32. The third-order valence-electron chi connectivity index (χ3n) is 6.27. The normalized spacial score (nSPS) is 10.4. The number of aromatic amines is 2. The molecule has 3 aromatic carbocycles. The standard InChI is InChI=1S/2C13H10ClN.C10H6O8/c2*14-13-4-2-1-3-12(13)6-5-11-7-9-15-10-8-11;11-7(12)3-1-4(8(13)14)6(10(17)18)2-5(3)9(15)16/h2*1-10H;1-2H,(H,11,12)(H,13,14)(H,15,16)(H,17,18)/b2*6-5+;. The molecule has 2 aromatic heterocycles. The SMILES string of the molecule is Clc1ccccc1/C=C/c1cc[nH+]cc1.Clc1ccccc1/C=C/c1cc[nH+]cc1.O=C([O-])c1cc(C(=O)[O-])c(C(=O)O)cc1C(=O)O. The predicted molar refractivity (Wildman–Crippen MR) is 176 cm³/mol. The molecule has 0 unspecified atom stereocenters. The molecule has 0 aliphatic heterocycles. The molecular formula is C36H26Cl2N2O8. The fourth-order valence-corrected chi connectivity index (χ4v) is 4.30. The largest absolute Gasteiger partial charge is 0.545 e. The Kier molecular flexibility index (Phi) is 13.8. The molecule has 4 N–H and O–H groups in total. The summed E-state index contributed by atoms with van der Waals surface area (Å²) >= 11 is 12.1. The van der Waals surface area contributed by atoms with Gasteiger partial charge in [-0.25, -0.2) is 19.6 Å². The fourth-order valence-electron chi connectivity index (χ4n) is 3.91. The Hall–Kier alpha value is -6.10. The van der Waals surface area contributed by atoms with Gasteiger partial charge < -0.3 is 30.0 Å². The van der Waals surface area contributed by atoms with Crippen molar-refractivity contribution >= 4 is 71.4 Å². The summed E-state index contributed by atoms with van der Waals surface area (Å²) in [4.78, 5) is 48.7. The van der Waals surface area contributed by atoms with Gasteiger partial charge in [0.25, 0.3) is 0 Å². The Labute approximate surface area is 284 Å². The zero-order valence-corrected chi connectivity index (χ0v) is 26.3. The second kappa shape index (κ2) is 18.1. The van der Waals surface area contributed by atoms with Crippen LogP contribution in [0.4, 0.5) is 0 Å². The average Bonchev–Trinajstić information content (AvgIpc) is 3.08. The van der Waals surface area contributed by atoms with Crippen LogP contribution in [0.5, 0.6) is 0 Å². The van der Waals surface area contributed by atoms with Crippen LogP contribution in [0.15, 0.2) is 110 Å². The molecule has 48 heavy (non-hydrogen) atoms. The Bertz CT molecular complexity index is 1780. The molecule has 2 heterocycles. The van der Waals surface area contributed by atoms with Crippen molar-refractivity contribution in [1.29, 1.82) is 0 Å². The van der Waals surface area contributed by atoms with Gasteiger partial charge >= 0.3 is 11.9 Å². The first kappa shape index (κ1) is 36.4. The van der Waals surface area contributed by atoms with E-state index in [2.05, 4.69) is 9.97 Å². The maximum atomic E-state index is 10.7. The highest BCUT2D eigenvalue weighted by Crippen LogP contribution is 2.19. The molecular weight excluding hydrogens is 659 g/mol. The minimum Gasteiger partial charge on any atom is -0.545 e. The number of hydrogen-bond acceptors (Lipinski definition) is 6. The molecule has 0 radical (unpaired) electrons. The highest BCUT2D eigenvalue weighted by molar-refractivity contribution is 6.32. The third kappa shape index (κ3) is 11.1. The van der Waals surface area contributed by atoms with E-state index in [4.69, 9.17) is 33.4 Å². The number of halogens is 2. The number of aromatic nitrogens is 2. The summed E-state index contributed by atoms with van der Waals surface area (Å²) in [6.07, 6.45) is 15.7. The number of carbonyl (C=O) groups is 4. The molecule has 0 atom stereocenters. The van der Waals surface area contributed by atoms with E-state index in [1.165, 1.54) is 0 Å². The molecule has 10 nitrogen and oxygen atoms in total. The Morgan fingerprint density at radius 3 is 1.17 bits per heavy atom. The fraction of sp³-hybridized carbons (Fsp3) is 0. The van der Waals surface area contributed by atoms with Crippen molar-refractivity contribution in [2.24, 2.45) is 0 Å². The molecule has 0 aliphatic carbocycles. The second-order valence-electron chi connectivity index (χ2n) is 9.50. The van der Waals surface area contributed by atoms with E-state index < -0.39 is 46.1 Å². The number of H-pyrrole nitrogens is 2. The maximum Gasteiger partial charge on any atom is 0.336 e. The van der Waals surface area contributed by atoms with Gasteiger partial charge in [-0.15, -0.1) is 0 Å². The number of aromatic carboxylic acids is 4. The van der Waals surface area contributed by atoms with Gasteiger partial charge in [0.2, 0.25) is 0 Å². The van der Waals surface area contributed by atoms with E-state index in [9.17, 15) is 29.4 Å². The Morgan fingerprint density at radius 2 is 0.854 bits per heavy atom. The average molecular weight is 686 g/mol. The predicted octanol–water partition coefficient (Wildman–Crippen LogP) is 4.46. The first-order valence-electron chi connectivity index (χ1n) is 13.8. The van der Waals surface area contributed by atoms with Crippen molar-refractivity contribution in [2.75, 3.05) is 0 Å². The van der Waals surface area contributed by atoms with Crippen molar-refractivity contribution in [2.45, 2.75) is 0 Å². The molecule has 0 amide bonds. The van der Waals surface area contributed by atoms with E-state index in [0.29, 0.717) is 12.1 Å². The van der Waals surface area contributed by atoms with Crippen LogP contribution in [0.1, 0.15) is 63.7 Å². The van der Waals surface area contributed by atoms with Crippen LogP contribution >= 0.6 is 23.2 Å². The van der Waals surface area contributed by atoms with Crippen molar-refractivity contribution in [3.8, 4) is 0 Å². The first-order chi connectivity index (χ1) is 23.0. The van der Waals surface area contributed by atoms with Gasteiger partial charge in [0.05, 0.1) is 23.1 Å². The topological polar surface area (TPSA) is 183 Å². The molecule has 5 aromatic rings. The Morgan fingerprint density at radius 1 is 0.521 bits per heavy atom. The molecule has 0 saturated heterocycles. The molecule has 242 valence electrons. The van der Waals surface area contributed by atoms with E-state index in [1.807, 2.05) is 122 Å². The lowest BCUT2D eigenvalue weighted by molar-refractivity contribution is -0.378. The zero-order valence-electron chi connectivity index (χ0n) is 24.8. The molecule has 5 rings (SSSR count). The second-order valence-corrected chi connectivity index (χ2v) is 10.3. The summed E-state index contributed by atoms with van der Waals surface area (Å²) in [5.41, 5.74) is 0.731. The van der Waals surface area contributed by atoms with Gasteiger partial charge in [0.15, 0.2) is 24.8 Å². The van der Waals surface area contributed by atoms with Crippen LogP contribution < -0.4 is 20.2 Å². The molecule has 12 heteroatoms. The van der Waals surface area contributed by atoms with E-state index in [1.54, 1.807) is 0 Å². The van der Waals surface area contributed by atoms with Crippen LogP contribution in [0, 0.1) is 0 Å². The van der Waals surface area contributed by atoms with Gasteiger partial charge in [-0.3, -0.25) is 0 Å². The number of hydrogen-bond donors (Lipinski definition) is 2. The van der Waals surface area contributed by atoms with Gasteiger partial charge in [-0.1, -0.05) is 83.9 Å². The van der Waals surface area contributed by atoms with Crippen molar-refractivity contribution in [3.63, 3.8) is 0 Å². The molecule has 0 spiro atoms. The zero-order chi connectivity index (χ0) is 35.1. The number of nitrogens with one attached hydrogen (secondary N) is 2. The van der Waals surface area contributed by atoms with Gasteiger partial charge in [-0.2, -0.15) is 0 Å². The minimum absolute atomic E-state index is 0.386. The van der Waals surface area contributed by atoms with Gasteiger partial charge in [-0.05, 0) is 46.5 Å². The lowest BCUT2D eigenvalue weighted by Gasteiger charge is -2.13. The van der Waals surface area contributed by atoms with Crippen molar-refractivity contribution < 1.29 is 49.6 Å². The van der Waals surface area contributed by atoms with E-state index >= 15 is 0 Å². The number of pyridine rings is 2. The lowest BCUT2D eigenvalue weighted by Crippen LogP contribution is -2.29. The van der Waals surface area contributed by atoms with Crippen LogP contribution in [0.2, 0.25) is 10.0 Å². The van der Waals surface area contributed by atoms with Crippen LogP contribution in [-0.4, -0.2) is 34.1 Å². The third-order valence-corrected chi connectivity index (χ3v) is 6.96. The molecule has 0 bridgehead atoms. The number of benzene rings is 3. The molecule has 0 aliphatic rings.